The summed E-state index contributed by atoms with van der Waals surface area (Å²) < 4.78 is 42.1. The molecular formula is C22H21Cl3F3N7O3. The van der Waals surface area contributed by atoms with Gasteiger partial charge in [-0.3, -0.25) is 4.57 Å². The van der Waals surface area contributed by atoms with E-state index in [1.54, 1.807) is 24.3 Å². The van der Waals surface area contributed by atoms with E-state index in [9.17, 15) is 28.2 Å². The predicted octanol–water partition coefficient (Wildman–Crippen LogP) is 2.98. The maximum atomic E-state index is 13.1. The Kier molecular flexibility index (Phi) is 9.23. The van der Waals surface area contributed by atoms with Crippen LogP contribution in [0.15, 0.2) is 53.3 Å². The number of alkyl halides is 3. The molecule has 0 aliphatic heterocycles. The zero-order chi connectivity index (χ0) is 26.9. The summed E-state index contributed by atoms with van der Waals surface area (Å²) in [5.41, 5.74) is 5.76. The van der Waals surface area contributed by atoms with E-state index >= 15 is 0 Å². The Bertz CT molecular complexity index is 1460. The Labute approximate surface area is 229 Å². The topological polar surface area (TPSA) is 137 Å². The molecule has 4 N–H and O–H groups in total. The highest BCUT2D eigenvalue weighted by Crippen LogP contribution is 2.25. The van der Waals surface area contributed by atoms with Gasteiger partial charge in [-0.1, -0.05) is 35.3 Å². The van der Waals surface area contributed by atoms with Gasteiger partial charge in [-0.25, -0.2) is 19.1 Å². The summed E-state index contributed by atoms with van der Waals surface area (Å²) in [7, 11) is 0. The van der Waals surface area contributed by atoms with Gasteiger partial charge < -0.3 is 15.9 Å². The lowest BCUT2D eigenvalue weighted by Crippen LogP contribution is -2.37. The van der Waals surface area contributed by atoms with Crippen molar-refractivity contribution in [3.8, 4) is 17.1 Å². The fraction of sp³-hybridized carbons (Fsp3) is 0.273. The number of rotatable bonds is 8. The highest BCUT2D eigenvalue weighted by molar-refractivity contribution is 6.32. The quantitative estimate of drug-likeness (QED) is 0.285. The average Bonchev–Trinajstić information content (AvgIpc) is 3.40. The van der Waals surface area contributed by atoms with E-state index in [4.69, 9.17) is 28.9 Å². The summed E-state index contributed by atoms with van der Waals surface area (Å²) in [6.45, 7) is -1.90. The molecule has 0 saturated carbocycles. The second-order valence-corrected chi connectivity index (χ2v) is 8.82. The van der Waals surface area contributed by atoms with Crippen molar-refractivity contribution in [1.29, 1.82) is 0 Å². The number of aliphatic hydroxyl groups excluding tert-OH is 2. The molecule has 2 aromatic carbocycles. The molecule has 38 heavy (non-hydrogen) atoms. The number of hydrogen-bond donors (Lipinski definition) is 3. The number of aliphatic hydroxyl groups is 2. The molecule has 2 aromatic heterocycles. The molecule has 4 aromatic rings. The van der Waals surface area contributed by atoms with Crippen molar-refractivity contribution in [2.24, 2.45) is 5.73 Å². The van der Waals surface area contributed by atoms with Gasteiger partial charge in [0.15, 0.2) is 23.6 Å². The van der Waals surface area contributed by atoms with E-state index < -0.39 is 37.2 Å². The number of halogens is 6. The standard InChI is InChI=1S/C22H20Cl2F3N7O3.ClH/c23-13-7-5-12(6-8-13)19-31-33(21(37)32(19)9-17(36)22(25,26)27)10-18-29-20(15(28)11-35)34(30-18)16-4-2-1-3-14(16)24;/h1-8,15,17,35-36H,9-11,28H2;1H. The average molecular weight is 595 g/mol. The molecule has 2 heterocycles. The molecule has 0 aliphatic carbocycles. The molecule has 2 atom stereocenters. The zero-order valence-electron chi connectivity index (χ0n) is 19.3. The predicted molar refractivity (Wildman–Crippen MR) is 136 cm³/mol. The fourth-order valence-electron chi connectivity index (χ4n) is 3.49. The number of para-hydroxylation sites is 1. The van der Waals surface area contributed by atoms with Gasteiger partial charge in [0.1, 0.15) is 6.54 Å². The first-order valence-corrected chi connectivity index (χ1v) is 11.5. The maximum Gasteiger partial charge on any atom is 0.416 e. The number of nitrogens with zero attached hydrogens (tertiary/aromatic N) is 6. The maximum absolute atomic E-state index is 13.1. The smallest absolute Gasteiger partial charge is 0.394 e. The number of benzene rings is 2. The van der Waals surface area contributed by atoms with Crippen LogP contribution in [-0.2, 0) is 13.1 Å². The molecule has 0 aliphatic rings. The lowest BCUT2D eigenvalue weighted by molar-refractivity contribution is -0.207. The van der Waals surface area contributed by atoms with Crippen molar-refractivity contribution in [3.05, 3.63) is 80.7 Å². The Morgan fingerprint density at radius 2 is 1.71 bits per heavy atom. The van der Waals surface area contributed by atoms with E-state index in [1.165, 1.54) is 28.9 Å². The lowest BCUT2D eigenvalue weighted by Gasteiger charge is -2.15. The van der Waals surface area contributed by atoms with Crippen LogP contribution < -0.4 is 11.4 Å². The minimum absolute atomic E-state index is 0. The minimum atomic E-state index is -4.95. The van der Waals surface area contributed by atoms with Crippen LogP contribution >= 0.6 is 35.6 Å². The van der Waals surface area contributed by atoms with Crippen LogP contribution in [0.3, 0.4) is 0 Å². The van der Waals surface area contributed by atoms with Gasteiger partial charge in [-0.05, 0) is 36.4 Å². The summed E-state index contributed by atoms with van der Waals surface area (Å²) in [4.78, 5) is 17.4. The molecule has 0 amide bonds. The van der Waals surface area contributed by atoms with Crippen LogP contribution in [0.4, 0.5) is 13.2 Å². The molecule has 0 spiro atoms. The van der Waals surface area contributed by atoms with E-state index in [1.807, 2.05) is 0 Å². The second kappa shape index (κ2) is 11.8. The minimum Gasteiger partial charge on any atom is -0.394 e. The summed E-state index contributed by atoms with van der Waals surface area (Å²) in [5.74, 6) is 0.0517. The van der Waals surface area contributed by atoms with Crippen molar-refractivity contribution in [2.45, 2.75) is 31.4 Å². The Balaban J connectivity index is 0.00000400. The summed E-state index contributed by atoms with van der Waals surface area (Å²) >= 11 is 12.2. The highest BCUT2D eigenvalue weighted by atomic mass is 35.5. The molecule has 204 valence electrons. The van der Waals surface area contributed by atoms with Crippen molar-refractivity contribution < 1.29 is 23.4 Å². The Morgan fingerprint density at radius 3 is 2.32 bits per heavy atom. The normalized spacial score (nSPS) is 13.3. The zero-order valence-corrected chi connectivity index (χ0v) is 21.6. The molecule has 10 nitrogen and oxygen atoms in total. The molecule has 4 rings (SSSR count). The number of nitrogens with two attached hydrogens (primary N) is 1. The molecule has 16 heteroatoms. The van der Waals surface area contributed by atoms with Gasteiger partial charge in [0.25, 0.3) is 0 Å². The molecule has 0 bridgehead atoms. The van der Waals surface area contributed by atoms with E-state index in [2.05, 4.69) is 15.2 Å². The molecular weight excluding hydrogens is 574 g/mol. The molecule has 0 saturated heterocycles. The largest absolute Gasteiger partial charge is 0.416 e. The Morgan fingerprint density at radius 1 is 1.05 bits per heavy atom. The lowest BCUT2D eigenvalue weighted by atomic mass is 10.2. The monoisotopic (exact) mass is 593 g/mol. The van der Waals surface area contributed by atoms with Gasteiger partial charge >= 0.3 is 11.9 Å². The third-order valence-corrected chi connectivity index (χ3v) is 5.91. The first kappa shape index (κ1) is 29.6. The summed E-state index contributed by atoms with van der Waals surface area (Å²) in [6, 6.07) is 11.7. The Hall–Kier alpha value is -2.94. The fourth-order valence-corrected chi connectivity index (χ4v) is 3.83. The van der Waals surface area contributed by atoms with Crippen molar-refractivity contribution in [3.63, 3.8) is 0 Å². The second-order valence-electron chi connectivity index (χ2n) is 7.98. The van der Waals surface area contributed by atoms with Crippen molar-refractivity contribution >= 4 is 35.6 Å². The molecule has 0 fully saturated rings. The van der Waals surface area contributed by atoms with Crippen LogP contribution in [0.2, 0.25) is 10.0 Å². The number of hydrogen-bond acceptors (Lipinski definition) is 7. The summed E-state index contributed by atoms with van der Waals surface area (Å²) in [6.07, 6.45) is -7.76. The van der Waals surface area contributed by atoms with Crippen molar-refractivity contribution in [1.82, 2.24) is 29.1 Å². The van der Waals surface area contributed by atoms with E-state index in [0.29, 0.717) is 25.9 Å². The third-order valence-electron chi connectivity index (χ3n) is 5.33. The molecule has 0 radical (unpaired) electrons. The van der Waals surface area contributed by atoms with E-state index in [0.717, 1.165) is 4.68 Å². The number of aromatic nitrogens is 6. The van der Waals surface area contributed by atoms with Crippen LogP contribution in [0, 0.1) is 0 Å². The van der Waals surface area contributed by atoms with Gasteiger partial charge in [0.05, 0.1) is 29.9 Å². The van der Waals surface area contributed by atoms with Gasteiger partial charge in [-0.2, -0.15) is 13.2 Å². The van der Waals surface area contributed by atoms with E-state index in [-0.39, 0.29) is 36.4 Å². The highest BCUT2D eigenvalue weighted by Gasteiger charge is 2.39. The van der Waals surface area contributed by atoms with Gasteiger partial charge in [0, 0.05) is 10.6 Å². The van der Waals surface area contributed by atoms with Crippen LogP contribution in [0.1, 0.15) is 17.7 Å². The van der Waals surface area contributed by atoms with Crippen LogP contribution in [0.5, 0.6) is 0 Å². The first-order valence-electron chi connectivity index (χ1n) is 10.7. The first-order chi connectivity index (χ1) is 17.5. The third kappa shape index (κ3) is 6.20. The summed E-state index contributed by atoms with van der Waals surface area (Å²) in [5, 5.41) is 28.4. The SMILES string of the molecule is Cl.NC(CO)c1nc(Cn2nc(-c3ccc(Cl)cc3)n(CC(O)C(F)(F)F)c2=O)nn1-c1ccccc1Cl. The molecule has 2 unspecified atom stereocenters. The van der Waals surface area contributed by atoms with Crippen LogP contribution in [-0.4, -0.2) is 58.2 Å². The van der Waals surface area contributed by atoms with Gasteiger partial charge in [-0.15, -0.1) is 22.6 Å². The van der Waals surface area contributed by atoms with Crippen LogP contribution in [0.25, 0.3) is 17.1 Å². The van der Waals surface area contributed by atoms with Crippen molar-refractivity contribution in [2.75, 3.05) is 6.61 Å². The van der Waals surface area contributed by atoms with Gasteiger partial charge in [0.2, 0.25) is 0 Å².